The SMILES string of the molecule is CNC(=O)c1ccc(C[NH+](C)CC(=O)Nc2ccc(C)c(C)c2)cc1. The molecule has 2 aromatic rings. The summed E-state index contributed by atoms with van der Waals surface area (Å²) >= 11 is 0. The van der Waals surface area contributed by atoms with Crippen molar-refractivity contribution in [3.8, 4) is 0 Å². The third kappa shape index (κ3) is 5.43. The number of rotatable bonds is 6. The largest absolute Gasteiger partial charge is 0.355 e. The molecule has 0 heterocycles. The van der Waals surface area contributed by atoms with Crippen molar-refractivity contribution in [2.24, 2.45) is 0 Å². The lowest BCUT2D eigenvalue weighted by atomic mass is 10.1. The molecule has 2 amide bonds. The Morgan fingerprint density at radius 1 is 1.00 bits per heavy atom. The Morgan fingerprint density at radius 3 is 2.28 bits per heavy atom. The lowest BCUT2D eigenvalue weighted by Crippen LogP contribution is -3.08. The van der Waals surface area contributed by atoms with Crippen LogP contribution in [0.5, 0.6) is 0 Å². The molecule has 0 aliphatic rings. The van der Waals surface area contributed by atoms with Crippen LogP contribution in [0.15, 0.2) is 42.5 Å². The molecule has 0 bridgehead atoms. The second kappa shape index (κ2) is 8.44. The van der Waals surface area contributed by atoms with E-state index in [2.05, 4.69) is 10.6 Å². The maximum atomic E-state index is 12.2. The molecule has 2 rings (SSSR count). The minimum absolute atomic E-state index is 0.0114. The number of benzene rings is 2. The number of aryl methyl sites for hydroxylation is 2. The number of likely N-dealkylation sites (N-methyl/N-ethyl adjacent to an activating group) is 1. The summed E-state index contributed by atoms with van der Waals surface area (Å²) in [7, 11) is 3.59. The van der Waals surface area contributed by atoms with Crippen LogP contribution in [0.25, 0.3) is 0 Å². The van der Waals surface area contributed by atoms with E-state index < -0.39 is 0 Å². The molecule has 0 aromatic heterocycles. The number of hydrogen-bond acceptors (Lipinski definition) is 2. The number of amides is 2. The van der Waals surface area contributed by atoms with Crippen molar-refractivity contribution in [3.63, 3.8) is 0 Å². The molecule has 0 fully saturated rings. The van der Waals surface area contributed by atoms with Crippen molar-refractivity contribution in [1.82, 2.24) is 5.32 Å². The number of anilines is 1. The molecule has 1 unspecified atom stereocenters. The Labute approximate surface area is 149 Å². The molecular formula is C20H26N3O2+. The van der Waals surface area contributed by atoms with Gasteiger partial charge in [0.2, 0.25) is 0 Å². The molecule has 5 heteroatoms. The average Bonchev–Trinajstić information content (AvgIpc) is 2.58. The average molecular weight is 340 g/mol. The highest BCUT2D eigenvalue weighted by Gasteiger charge is 2.12. The van der Waals surface area contributed by atoms with E-state index in [0.717, 1.165) is 21.7 Å². The van der Waals surface area contributed by atoms with Crippen molar-refractivity contribution in [3.05, 3.63) is 64.7 Å². The first-order chi connectivity index (χ1) is 11.9. The number of carbonyl (C=O) groups excluding carboxylic acids is 2. The topological polar surface area (TPSA) is 62.6 Å². The van der Waals surface area contributed by atoms with Crippen LogP contribution in [0.2, 0.25) is 0 Å². The van der Waals surface area contributed by atoms with Crippen LogP contribution in [0.3, 0.4) is 0 Å². The van der Waals surface area contributed by atoms with Gasteiger partial charge in [-0.05, 0) is 49.2 Å². The van der Waals surface area contributed by atoms with Gasteiger partial charge in [-0.15, -0.1) is 0 Å². The number of nitrogens with one attached hydrogen (secondary N) is 3. The highest BCUT2D eigenvalue weighted by Crippen LogP contribution is 2.13. The molecule has 2 aromatic carbocycles. The van der Waals surface area contributed by atoms with E-state index in [9.17, 15) is 9.59 Å². The quantitative estimate of drug-likeness (QED) is 0.743. The predicted molar refractivity (Wildman–Crippen MR) is 99.8 cm³/mol. The highest BCUT2D eigenvalue weighted by molar-refractivity contribution is 5.94. The molecular weight excluding hydrogens is 314 g/mol. The zero-order chi connectivity index (χ0) is 18.4. The first-order valence-electron chi connectivity index (χ1n) is 8.38. The van der Waals surface area contributed by atoms with E-state index in [4.69, 9.17) is 0 Å². The Kier molecular flexibility index (Phi) is 6.31. The zero-order valence-electron chi connectivity index (χ0n) is 15.3. The van der Waals surface area contributed by atoms with Gasteiger partial charge in [0.1, 0.15) is 6.54 Å². The fourth-order valence-electron chi connectivity index (χ4n) is 2.63. The van der Waals surface area contributed by atoms with Gasteiger partial charge in [-0.1, -0.05) is 18.2 Å². The molecule has 0 saturated carbocycles. The highest BCUT2D eigenvalue weighted by atomic mass is 16.2. The molecule has 0 spiro atoms. The molecule has 1 atom stereocenters. The van der Waals surface area contributed by atoms with Crippen LogP contribution < -0.4 is 15.5 Å². The van der Waals surface area contributed by atoms with Gasteiger partial charge < -0.3 is 15.5 Å². The summed E-state index contributed by atoms with van der Waals surface area (Å²) in [6.07, 6.45) is 0. The van der Waals surface area contributed by atoms with Crippen molar-refractivity contribution >= 4 is 17.5 Å². The van der Waals surface area contributed by atoms with E-state index in [1.807, 2.05) is 51.2 Å². The van der Waals surface area contributed by atoms with Crippen LogP contribution in [0.4, 0.5) is 5.69 Å². The van der Waals surface area contributed by atoms with Gasteiger partial charge in [0, 0.05) is 23.9 Å². The van der Waals surface area contributed by atoms with Crippen LogP contribution >= 0.6 is 0 Å². The Morgan fingerprint density at radius 2 is 1.68 bits per heavy atom. The van der Waals surface area contributed by atoms with E-state index in [1.54, 1.807) is 19.2 Å². The zero-order valence-corrected chi connectivity index (χ0v) is 15.3. The fraction of sp³-hybridized carbons (Fsp3) is 0.300. The first-order valence-corrected chi connectivity index (χ1v) is 8.38. The molecule has 0 aliphatic heterocycles. The number of carbonyl (C=O) groups is 2. The van der Waals surface area contributed by atoms with Gasteiger partial charge in [0.25, 0.3) is 11.8 Å². The van der Waals surface area contributed by atoms with Gasteiger partial charge in [0.05, 0.1) is 7.05 Å². The number of hydrogen-bond donors (Lipinski definition) is 3. The van der Waals surface area contributed by atoms with Gasteiger partial charge in [0.15, 0.2) is 6.54 Å². The first kappa shape index (κ1) is 18.7. The van der Waals surface area contributed by atoms with E-state index in [-0.39, 0.29) is 11.8 Å². The van der Waals surface area contributed by atoms with Crippen molar-refractivity contribution in [2.45, 2.75) is 20.4 Å². The second-order valence-corrected chi connectivity index (χ2v) is 6.43. The van der Waals surface area contributed by atoms with Crippen LogP contribution in [0.1, 0.15) is 27.0 Å². The maximum Gasteiger partial charge on any atom is 0.279 e. The minimum Gasteiger partial charge on any atom is -0.355 e. The molecule has 0 saturated heterocycles. The van der Waals surface area contributed by atoms with Crippen molar-refractivity contribution < 1.29 is 14.5 Å². The van der Waals surface area contributed by atoms with E-state index >= 15 is 0 Å². The smallest absolute Gasteiger partial charge is 0.279 e. The van der Waals surface area contributed by atoms with Gasteiger partial charge in [-0.3, -0.25) is 9.59 Å². The molecule has 0 aliphatic carbocycles. The van der Waals surface area contributed by atoms with E-state index in [1.165, 1.54) is 5.56 Å². The monoisotopic (exact) mass is 340 g/mol. The third-order valence-corrected chi connectivity index (χ3v) is 4.20. The Hall–Kier alpha value is -2.66. The minimum atomic E-state index is -0.0972. The van der Waals surface area contributed by atoms with Gasteiger partial charge >= 0.3 is 0 Å². The number of quaternary nitrogens is 1. The molecule has 5 nitrogen and oxygen atoms in total. The second-order valence-electron chi connectivity index (χ2n) is 6.43. The standard InChI is InChI=1S/C20H25N3O2/c1-14-5-10-18(11-15(14)2)22-19(24)13-23(4)12-16-6-8-17(9-7-16)20(25)21-3/h5-11H,12-13H2,1-4H3,(H,21,25)(H,22,24)/p+1. The summed E-state index contributed by atoms with van der Waals surface area (Å²) in [5, 5.41) is 5.55. The van der Waals surface area contributed by atoms with Crippen molar-refractivity contribution in [2.75, 3.05) is 26.0 Å². The third-order valence-electron chi connectivity index (χ3n) is 4.20. The summed E-state index contributed by atoms with van der Waals surface area (Å²) in [5.74, 6) is -0.109. The summed E-state index contributed by atoms with van der Waals surface area (Å²) in [6.45, 7) is 5.18. The Balaban J connectivity index is 1.88. The van der Waals surface area contributed by atoms with E-state index in [0.29, 0.717) is 18.7 Å². The van der Waals surface area contributed by atoms with Crippen LogP contribution in [0, 0.1) is 13.8 Å². The van der Waals surface area contributed by atoms with Crippen molar-refractivity contribution in [1.29, 1.82) is 0 Å². The molecule has 0 radical (unpaired) electrons. The molecule has 25 heavy (non-hydrogen) atoms. The molecule has 132 valence electrons. The summed E-state index contributed by atoms with van der Waals surface area (Å²) < 4.78 is 0. The normalized spacial score (nSPS) is 11.7. The maximum absolute atomic E-state index is 12.2. The Bertz CT molecular complexity index is 754. The van der Waals surface area contributed by atoms with Gasteiger partial charge in [-0.25, -0.2) is 0 Å². The summed E-state index contributed by atoms with van der Waals surface area (Å²) in [4.78, 5) is 24.8. The summed E-state index contributed by atoms with van der Waals surface area (Å²) in [6, 6.07) is 13.4. The van der Waals surface area contributed by atoms with Gasteiger partial charge in [-0.2, -0.15) is 0 Å². The van der Waals surface area contributed by atoms with Crippen LogP contribution in [-0.4, -0.2) is 32.5 Å². The lowest BCUT2D eigenvalue weighted by Gasteiger charge is -2.14. The summed E-state index contributed by atoms with van der Waals surface area (Å²) in [5.41, 5.74) is 4.92. The van der Waals surface area contributed by atoms with Crippen LogP contribution in [-0.2, 0) is 11.3 Å². The fourth-order valence-corrected chi connectivity index (χ4v) is 2.63. The lowest BCUT2D eigenvalue weighted by molar-refractivity contribution is -0.885. The predicted octanol–water partition coefficient (Wildman–Crippen LogP) is 1.32. The molecule has 3 N–H and O–H groups in total.